The van der Waals surface area contributed by atoms with Gasteiger partial charge in [-0.25, -0.2) is 0 Å². The molecule has 0 aromatic heterocycles. The molecule has 0 bridgehead atoms. The van der Waals surface area contributed by atoms with Gasteiger partial charge in [-0.3, -0.25) is 14.4 Å². The molecule has 1 aliphatic rings. The van der Waals surface area contributed by atoms with E-state index in [1.165, 1.54) is 0 Å². The van der Waals surface area contributed by atoms with Crippen LogP contribution in [0.3, 0.4) is 0 Å². The van der Waals surface area contributed by atoms with Crippen LogP contribution in [0.2, 0.25) is 0 Å². The highest BCUT2D eigenvalue weighted by Gasteiger charge is 2.31. The van der Waals surface area contributed by atoms with Gasteiger partial charge in [0, 0.05) is 25.4 Å². The summed E-state index contributed by atoms with van der Waals surface area (Å²) in [5.74, 6) is -0.398. The summed E-state index contributed by atoms with van der Waals surface area (Å²) >= 11 is 0. The van der Waals surface area contributed by atoms with Crippen molar-refractivity contribution in [3.63, 3.8) is 0 Å². The number of likely N-dealkylation sites (tertiary alicyclic amines) is 1. The number of hydrogen-bond acceptors (Lipinski definition) is 3. The van der Waals surface area contributed by atoms with E-state index in [0.29, 0.717) is 19.5 Å². The summed E-state index contributed by atoms with van der Waals surface area (Å²) in [6.07, 6.45) is 2.35. The largest absolute Gasteiger partial charge is 0.355 e. The van der Waals surface area contributed by atoms with Gasteiger partial charge in [-0.2, -0.15) is 0 Å². The molecule has 0 radical (unpaired) electrons. The normalized spacial score (nSPS) is 17.0. The maximum atomic E-state index is 12.1. The number of rotatable bonds is 8. The van der Waals surface area contributed by atoms with Crippen molar-refractivity contribution < 1.29 is 14.4 Å². The predicted molar refractivity (Wildman–Crippen MR) is 91.3 cm³/mol. The Morgan fingerprint density at radius 3 is 2.62 bits per heavy atom. The standard InChI is InChI=1S/C18H25N3O3/c1-2-3-9-19-16(22)11-20-17(23)13-21-12-15(10-18(21)24)14-7-5-4-6-8-14/h4-8,15H,2-3,9-13H2,1H3,(H,19,22)(H,20,23). The van der Waals surface area contributed by atoms with Crippen LogP contribution in [0.5, 0.6) is 0 Å². The van der Waals surface area contributed by atoms with Crippen LogP contribution in [-0.2, 0) is 14.4 Å². The summed E-state index contributed by atoms with van der Waals surface area (Å²) in [4.78, 5) is 37.1. The summed E-state index contributed by atoms with van der Waals surface area (Å²) in [6.45, 7) is 3.16. The van der Waals surface area contributed by atoms with Crippen molar-refractivity contribution in [1.82, 2.24) is 15.5 Å². The van der Waals surface area contributed by atoms with E-state index in [4.69, 9.17) is 0 Å². The maximum Gasteiger partial charge on any atom is 0.240 e. The Kier molecular flexibility index (Phi) is 6.78. The van der Waals surface area contributed by atoms with E-state index in [1.54, 1.807) is 4.90 Å². The Bertz CT molecular complexity index is 574. The van der Waals surface area contributed by atoms with Crippen molar-refractivity contribution in [3.05, 3.63) is 35.9 Å². The lowest BCUT2D eigenvalue weighted by molar-refractivity contribution is -0.133. The zero-order chi connectivity index (χ0) is 17.4. The summed E-state index contributed by atoms with van der Waals surface area (Å²) < 4.78 is 0. The molecular formula is C18H25N3O3. The van der Waals surface area contributed by atoms with E-state index in [9.17, 15) is 14.4 Å². The lowest BCUT2D eigenvalue weighted by Gasteiger charge is -2.16. The number of amides is 3. The van der Waals surface area contributed by atoms with Gasteiger partial charge in [0.15, 0.2) is 0 Å². The average Bonchev–Trinajstić information content (AvgIpc) is 2.95. The number of unbranched alkanes of at least 4 members (excludes halogenated alkanes) is 1. The summed E-state index contributed by atoms with van der Waals surface area (Å²) in [5, 5.41) is 5.30. The van der Waals surface area contributed by atoms with Crippen LogP contribution >= 0.6 is 0 Å². The molecule has 1 heterocycles. The fraction of sp³-hybridized carbons (Fsp3) is 0.500. The Hall–Kier alpha value is -2.37. The van der Waals surface area contributed by atoms with Gasteiger partial charge in [-0.1, -0.05) is 43.7 Å². The molecule has 0 spiro atoms. The number of nitrogens with one attached hydrogen (secondary N) is 2. The molecule has 1 aromatic carbocycles. The highest BCUT2D eigenvalue weighted by atomic mass is 16.2. The molecule has 1 saturated heterocycles. The summed E-state index contributed by atoms with van der Waals surface area (Å²) in [6, 6.07) is 9.85. The zero-order valence-corrected chi connectivity index (χ0v) is 14.1. The van der Waals surface area contributed by atoms with Gasteiger partial charge in [-0.05, 0) is 12.0 Å². The van der Waals surface area contributed by atoms with Crippen LogP contribution in [0.1, 0.15) is 37.7 Å². The topological polar surface area (TPSA) is 78.5 Å². The molecule has 6 heteroatoms. The van der Waals surface area contributed by atoms with Crippen molar-refractivity contribution in [2.45, 2.75) is 32.1 Å². The van der Waals surface area contributed by atoms with Gasteiger partial charge >= 0.3 is 0 Å². The van der Waals surface area contributed by atoms with Gasteiger partial charge in [-0.15, -0.1) is 0 Å². The first-order valence-electron chi connectivity index (χ1n) is 8.46. The van der Waals surface area contributed by atoms with E-state index in [1.807, 2.05) is 37.3 Å². The Morgan fingerprint density at radius 1 is 1.17 bits per heavy atom. The molecule has 1 aromatic rings. The molecule has 1 aliphatic heterocycles. The minimum atomic E-state index is -0.303. The predicted octanol–water partition coefficient (Wildman–Crippen LogP) is 1.04. The smallest absolute Gasteiger partial charge is 0.240 e. The van der Waals surface area contributed by atoms with Crippen molar-refractivity contribution in [2.24, 2.45) is 0 Å². The number of carbonyl (C=O) groups excluding carboxylic acids is 3. The fourth-order valence-corrected chi connectivity index (χ4v) is 2.75. The second-order valence-electron chi connectivity index (χ2n) is 6.07. The molecule has 0 aliphatic carbocycles. The number of carbonyl (C=O) groups is 3. The van der Waals surface area contributed by atoms with Crippen LogP contribution < -0.4 is 10.6 Å². The Morgan fingerprint density at radius 2 is 1.92 bits per heavy atom. The second kappa shape index (κ2) is 9.05. The molecule has 1 fully saturated rings. The molecule has 0 saturated carbocycles. The minimum Gasteiger partial charge on any atom is -0.355 e. The molecule has 2 N–H and O–H groups in total. The van der Waals surface area contributed by atoms with Gasteiger partial charge in [0.1, 0.15) is 0 Å². The molecule has 24 heavy (non-hydrogen) atoms. The number of nitrogens with zero attached hydrogens (tertiary/aromatic N) is 1. The van der Waals surface area contributed by atoms with Gasteiger partial charge < -0.3 is 15.5 Å². The fourth-order valence-electron chi connectivity index (χ4n) is 2.75. The molecule has 1 unspecified atom stereocenters. The van der Waals surface area contributed by atoms with E-state index in [0.717, 1.165) is 18.4 Å². The first-order valence-corrected chi connectivity index (χ1v) is 8.46. The third-order valence-corrected chi connectivity index (χ3v) is 4.12. The van der Waals surface area contributed by atoms with Gasteiger partial charge in [0.25, 0.3) is 0 Å². The van der Waals surface area contributed by atoms with E-state index >= 15 is 0 Å². The van der Waals surface area contributed by atoms with E-state index in [-0.39, 0.29) is 36.7 Å². The maximum absolute atomic E-state index is 12.1. The minimum absolute atomic E-state index is 0.00437. The van der Waals surface area contributed by atoms with E-state index in [2.05, 4.69) is 10.6 Å². The molecule has 6 nitrogen and oxygen atoms in total. The van der Waals surface area contributed by atoms with Crippen molar-refractivity contribution >= 4 is 17.7 Å². The average molecular weight is 331 g/mol. The lowest BCUT2D eigenvalue weighted by Crippen LogP contribution is -2.42. The monoisotopic (exact) mass is 331 g/mol. The Balaban J connectivity index is 1.74. The molecule has 130 valence electrons. The SMILES string of the molecule is CCCCNC(=O)CNC(=O)CN1CC(c2ccccc2)CC1=O. The van der Waals surface area contributed by atoms with E-state index < -0.39 is 0 Å². The summed E-state index contributed by atoms with van der Waals surface area (Å²) in [5.41, 5.74) is 1.11. The highest BCUT2D eigenvalue weighted by Crippen LogP contribution is 2.27. The highest BCUT2D eigenvalue weighted by molar-refractivity contribution is 5.89. The van der Waals surface area contributed by atoms with Gasteiger partial charge in [0.05, 0.1) is 13.1 Å². The van der Waals surface area contributed by atoms with Crippen LogP contribution in [0.4, 0.5) is 0 Å². The molecular weight excluding hydrogens is 306 g/mol. The Labute approximate surface area is 142 Å². The first kappa shape index (κ1) is 18.0. The first-order chi connectivity index (χ1) is 11.6. The van der Waals surface area contributed by atoms with Crippen LogP contribution in [0, 0.1) is 0 Å². The summed E-state index contributed by atoms with van der Waals surface area (Å²) in [7, 11) is 0. The van der Waals surface area contributed by atoms with Crippen molar-refractivity contribution in [1.29, 1.82) is 0 Å². The number of benzene rings is 1. The van der Waals surface area contributed by atoms with Crippen LogP contribution in [-0.4, -0.2) is 48.8 Å². The van der Waals surface area contributed by atoms with Crippen molar-refractivity contribution in [2.75, 3.05) is 26.2 Å². The number of hydrogen-bond donors (Lipinski definition) is 2. The van der Waals surface area contributed by atoms with Crippen LogP contribution in [0.25, 0.3) is 0 Å². The quantitative estimate of drug-likeness (QED) is 0.699. The van der Waals surface area contributed by atoms with Gasteiger partial charge in [0.2, 0.25) is 17.7 Å². The second-order valence-corrected chi connectivity index (χ2v) is 6.07. The molecule has 2 rings (SSSR count). The lowest BCUT2D eigenvalue weighted by atomic mass is 9.99. The van der Waals surface area contributed by atoms with Crippen LogP contribution in [0.15, 0.2) is 30.3 Å². The molecule has 3 amide bonds. The van der Waals surface area contributed by atoms with Crippen molar-refractivity contribution in [3.8, 4) is 0 Å². The molecule has 1 atom stereocenters. The zero-order valence-electron chi connectivity index (χ0n) is 14.1. The third-order valence-electron chi connectivity index (χ3n) is 4.12. The third kappa shape index (κ3) is 5.37.